The van der Waals surface area contributed by atoms with E-state index in [-0.39, 0.29) is 11.9 Å². The van der Waals surface area contributed by atoms with Crippen molar-refractivity contribution in [2.45, 2.75) is 57.5 Å². The number of nitrogens with one attached hydrogen (secondary N) is 2. The van der Waals surface area contributed by atoms with Crippen LogP contribution in [0.15, 0.2) is 30.3 Å². The lowest BCUT2D eigenvalue weighted by Gasteiger charge is -2.21. The number of benzene rings is 1. The van der Waals surface area contributed by atoms with E-state index in [9.17, 15) is 19.2 Å². The third-order valence-electron chi connectivity index (χ3n) is 5.60. The predicted octanol–water partition coefficient (Wildman–Crippen LogP) is 2.30. The molecule has 1 saturated heterocycles. The first-order valence-electron chi connectivity index (χ1n) is 10.4. The van der Waals surface area contributed by atoms with E-state index in [1.807, 2.05) is 30.3 Å². The first-order valence-corrected chi connectivity index (χ1v) is 10.4. The number of carbonyl (C=O) groups is 4. The maximum absolute atomic E-state index is 12.6. The highest BCUT2D eigenvalue weighted by molar-refractivity contribution is 6.08. The number of nitrogens with zero attached hydrogens (tertiary/aromatic N) is 1. The standard InChI is InChI=1S/C22H29N3O5/c1-15(2)12-17(16-8-4-3-5-9-16)23-18(26)14-30-19(27)13-25-20(28)22(24-21(25)29)10-6-7-11-22/h3-5,8-9,15,17H,6-7,10-14H2,1-2H3,(H,23,26)(H,24,29)/t17-/m1/s1. The summed E-state index contributed by atoms with van der Waals surface area (Å²) < 4.78 is 5.03. The minimum atomic E-state index is -0.867. The topological polar surface area (TPSA) is 105 Å². The van der Waals surface area contributed by atoms with Gasteiger partial charge in [-0.1, -0.05) is 57.0 Å². The maximum atomic E-state index is 12.6. The van der Waals surface area contributed by atoms with E-state index in [1.54, 1.807) is 0 Å². The molecule has 2 fully saturated rings. The first-order chi connectivity index (χ1) is 14.3. The fraction of sp³-hybridized carbons (Fsp3) is 0.545. The van der Waals surface area contributed by atoms with E-state index in [1.165, 1.54) is 0 Å². The third-order valence-corrected chi connectivity index (χ3v) is 5.60. The Labute approximate surface area is 176 Å². The monoisotopic (exact) mass is 415 g/mol. The second-order valence-corrected chi connectivity index (χ2v) is 8.43. The molecule has 1 atom stereocenters. The zero-order chi connectivity index (χ0) is 21.7. The molecule has 1 spiro atoms. The fourth-order valence-corrected chi connectivity index (χ4v) is 4.13. The van der Waals surface area contributed by atoms with Crippen molar-refractivity contribution in [3.05, 3.63) is 35.9 Å². The Kier molecular flexibility index (Phi) is 6.74. The Morgan fingerprint density at radius 1 is 1.17 bits per heavy atom. The van der Waals surface area contributed by atoms with Crippen LogP contribution in [0.5, 0.6) is 0 Å². The molecule has 30 heavy (non-hydrogen) atoms. The van der Waals surface area contributed by atoms with Gasteiger partial charge in [0.05, 0.1) is 6.04 Å². The molecule has 8 nitrogen and oxygen atoms in total. The Morgan fingerprint density at radius 3 is 2.47 bits per heavy atom. The van der Waals surface area contributed by atoms with Crippen LogP contribution in [0.3, 0.4) is 0 Å². The molecule has 162 valence electrons. The number of hydrogen-bond acceptors (Lipinski definition) is 5. The predicted molar refractivity (Wildman–Crippen MR) is 109 cm³/mol. The quantitative estimate of drug-likeness (QED) is 0.501. The van der Waals surface area contributed by atoms with Gasteiger partial charge in [-0.3, -0.25) is 19.3 Å². The van der Waals surface area contributed by atoms with Crippen LogP contribution >= 0.6 is 0 Å². The first kappa shape index (κ1) is 21.8. The summed E-state index contributed by atoms with van der Waals surface area (Å²) in [4.78, 5) is 50.1. The average molecular weight is 415 g/mol. The minimum Gasteiger partial charge on any atom is -0.454 e. The lowest BCUT2D eigenvalue weighted by Crippen LogP contribution is -2.44. The molecule has 1 aliphatic heterocycles. The molecule has 0 radical (unpaired) electrons. The Balaban J connectivity index is 1.51. The van der Waals surface area contributed by atoms with Crippen molar-refractivity contribution < 1.29 is 23.9 Å². The van der Waals surface area contributed by atoms with Crippen LogP contribution < -0.4 is 10.6 Å². The lowest BCUT2D eigenvalue weighted by atomic mass is 9.97. The number of amides is 4. The van der Waals surface area contributed by atoms with Gasteiger partial charge in [-0.15, -0.1) is 0 Å². The summed E-state index contributed by atoms with van der Waals surface area (Å²) in [6, 6.07) is 8.83. The zero-order valence-electron chi connectivity index (χ0n) is 17.5. The van der Waals surface area contributed by atoms with Gasteiger partial charge in [0.15, 0.2) is 6.61 Å². The molecule has 1 aromatic carbocycles. The molecule has 0 aromatic heterocycles. The van der Waals surface area contributed by atoms with Gasteiger partial charge >= 0.3 is 12.0 Å². The van der Waals surface area contributed by atoms with Crippen molar-refractivity contribution in [1.82, 2.24) is 15.5 Å². The van der Waals surface area contributed by atoms with Crippen LogP contribution in [0.25, 0.3) is 0 Å². The highest BCUT2D eigenvalue weighted by Gasteiger charge is 2.52. The maximum Gasteiger partial charge on any atom is 0.326 e. The van der Waals surface area contributed by atoms with Gasteiger partial charge in [0.1, 0.15) is 12.1 Å². The highest BCUT2D eigenvalue weighted by Crippen LogP contribution is 2.34. The number of urea groups is 1. The van der Waals surface area contributed by atoms with Gasteiger partial charge in [-0.05, 0) is 30.7 Å². The normalized spacial score (nSPS) is 18.6. The smallest absolute Gasteiger partial charge is 0.326 e. The van der Waals surface area contributed by atoms with E-state index in [4.69, 9.17) is 4.74 Å². The summed E-state index contributed by atoms with van der Waals surface area (Å²) in [7, 11) is 0. The SMILES string of the molecule is CC(C)C[C@@H](NC(=O)COC(=O)CN1C(=O)NC2(CCCC2)C1=O)c1ccccc1. The number of carbonyl (C=O) groups excluding carboxylic acids is 4. The van der Waals surface area contributed by atoms with Gasteiger partial charge in [0, 0.05) is 0 Å². The summed E-state index contributed by atoms with van der Waals surface area (Å²) >= 11 is 0. The molecule has 8 heteroatoms. The van der Waals surface area contributed by atoms with Crippen LogP contribution in [0.4, 0.5) is 4.79 Å². The molecule has 4 amide bonds. The molecule has 0 unspecified atom stereocenters. The van der Waals surface area contributed by atoms with E-state index in [2.05, 4.69) is 24.5 Å². The fourth-order valence-electron chi connectivity index (χ4n) is 4.13. The van der Waals surface area contributed by atoms with E-state index in [0.29, 0.717) is 18.8 Å². The van der Waals surface area contributed by atoms with Gasteiger partial charge in [0.25, 0.3) is 11.8 Å². The third kappa shape index (κ3) is 4.98. The number of imide groups is 1. The Morgan fingerprint density at radius 2 is 1.83 bits per heavy atom. The van der Waals surface area contributed by atoms with Crippen molar-refractivity contribution in [2.24, 2.45) is 5.92 Å². The van der Waals surface area contributed by atoms with E-state index in [0.717, 1.165) is 29.7 Å². The molecule has 1 aliphatic carbocycles. The summed E-state index contributed by atoms with van der Waals surface area (Å²) in [6.45, 7) is 3.18. The molecule has 2 aliphatic rings. The molecule has 1 aromatic rings. The average Bonchev–Trinajstić information content (AvgIpc) is 3.27. The molecular weight excluding hydrogens is 386 g/mol. The molecule has 1 heterocycles. The van der Waals surface area contributed by atoms with Crippen molar-refractivity contribution in [3.63, 3.8) is 0 Å². The zero-order valence-corrected chi connectivity index (χ0v) is 17.5. The summed E-state index contributed by atoms with van der Waals surface area (Å²) in [5, 5.41) is 5.61. The number of esters is 1. The Bertz CT molecular complexity index is 802. The van der Waals surface area contributed by atoms with Gasteiger partial charge in [-0.25, -0.2) is 4.79 Å². The summed E-state index contributed by atoms with van der Waals surface area (Å²) in [5.74, 6) is -1.24. The second-order valence-electron chi connectivity index (χ2n) is 8.43. The van der Waals surface area contributed by atoms with Crippen LogP contribution in [0.2, 0.25) is 0 Å². The van der Waals surface area contributed by atoms with Gasteiger partial charge < -0.3 is 15.4 Å². The van der Waals surface area contributed by atoms with Crippen LogP contribution in [0, 0.1) is 5.92 Å². The highest BCUT2D eigenvalue weighted by atomic mass is 16.5. The number of rotatable bonds is 8. The molecule has 2 N–H and O–H groups in total. The number of ether oxygens (including phenoxy) is 1. The van der Waals surface area contributed by atoms with E-state index >= 15 is 0 Å². The number of hydrogen-bond donors (Lipinski definition) is 2. The van der Waals surface area contributed by atoms with Gasteiger partial charge in [-0.2, -0.15) is 0 Å². The lowest BCUT2D eigenvalue weighted by molar-refractivity contribution is -0.151. The Hall–Kier alpha value is -2.90. The van der Waals surface area contributed by atoms with Gasteiger partial charge in [0.2, 0.25) is 0 Å². The molecule has 0 bridgehead atoms. The largest absolute Gasteiger partial charge is 0.454 e. The van der Waals surface area contributed by atoms with Crippen molar-refractivity contribution in [2.75, 3.05) is 13.2 Å². The molecular formula is C22H29N3O5. The van der Waals surface area contributed by atoms with Crippen LogP contribution in [-0.2, 0) is 19.1 Å². The second kappa shape index (κ2) is 9.28. The molecule has 1 saturated carbocycles. The van der Waals surface area contributed by atoms with Crippen molar-refractivity contribution in [1.29, 1.82) is 0 Å². The van der Waals surface area contributed by atoms with Crippen molar-refractivity contribution in [3.8, 4) is 0 Å². The minimum absolute atomic E-state index is 0.189. The summed E-state index contributed by atoms with van der Waals surface area (Å²) in [5.41, 5.74) is 0.112. The van der Waals surface area contributed by atoms with Crippen LogP contribution in [-0.4, -0.2) is 47.4 Å². The molecule has 3 rings (SSSR count). The summed E-state index contributed by atoms with van der Waals surface area (Å²) in [6.07, 6.45) is 3.64. The van der Waals surface area contributed by atoms with E-state index < -0.39 is 36.6 Å². The van der Waals surface area contributed by atoms with Crippen molar-refractivity contribution >= 4 is 23.8 Å². The van der Waals surface area contributed by atoms with Crippen LogP contribution in [0.1, 0.15) is 57.6 Å².